The molecule has 0 saturated heterocycles. The highest BCUT2D eigenvalue weighted by Gasteiger charge is 2.13. The van der Waals surface area contributed by atoms with Crippen LogP contribution in [0.3, 0.4) is 0 Å². The van der Waals surface area contributed by atoms with E-state index >= 15 is 0 Å². The Hall–Kier alpha value is -2.36. The summed E-state index contributed by atoms with van der Waals surface area (Å²) in [5.74, 6) is -0.0181. The highest BCUT2D eigenvalue weighted by molar-refractivity contribution is 5.94. The van der Waals surface area contributed by atoms with Crippen LogP contribution < -0.4 is 5.32 Å². The summed E-state index contributed by atoms with van der Waals surface area (Å²) in [5, 5.41) is 3.30. The number of amides is 1. The highest BCUT2D eigenvalue weighted by Crippen LogP contribution is 2.12. The van der Waals surface area contributed by atoms with Crippen LogP contribution in [0.4, 0.5) is 5.69 Å². The standard InChI is InChI=1S/C18H23N3O/c1-3-4-10-20-17-11-16(12-19-13-17)18(22)21(2)14-15-8-6-5-7-9-15/h5-9,11-13,20H,3-4,10,14H2,1-2H3. The molecule has 1 N–H and O–H groups in total. The molecule has 0 spiro atoms. The third-order valence-electron chi connectivity index (χ3n) is 3.45. The SMILES string of the molecule is CCCCNc1cncc(C(=O)N(C)Cc2ccccc2)c1. The molecule has 4 nitrogen and oxygen atoms in total. The van der Waals surface area contributed by atoms with Gasteiger partial charge in [-0.1, -0.05) is 43.7 Å². The van der Waals surface area contributed by atoms with E-state index in [0.717, 1.165) is 30.6 Å². The first kappa shape index (κ1) is 16.0. The van der Waals surface area contributed by atoms with Crippen molar-refractivity contribution in [1.82, 2.24) is 9.88 Å². The summed E-state index contributed by atoms with van der Waals surface area (Å²) < 4.78 is 0. The number of aromatic nitrogens is 1. The fourth-order valence-corrected chi connectivity index (χ4v) is 2.21. The largest absolute Gasteiger partial charge is 0.384 e. The van der Waals surface area contributed by atoms with Crippen LogP contribution in [0.2, 0.25) is 0 Å². The molecular formula is C18H23N3O. The van der Waals surface area contributed by atoms with Gasteiger partial charge in [0, 0.05) is 32.5 Å². The van der Waals surface area contributed by atoms with Crippen LogP contribution in [-0.4, -0.2) is 29.4 Å². The van der Waals surface area contributed by atoms with E-state index < -0.39 is 0 Å². The van der Waals surface area contributed by atoms with E-state index in [2.05, 4.69) is 17.2 Å². The molecule has 116 valence electrons. The Morgan fingerprint density at radius 3 is 2.73 bits per heavy atom. The van der Waals surface area contributed by atoms with Gasteiger partial charge in [-0.2, -0.15) is 0 Å². The van der Waals surface area contributed by atoms with Crippen molar-refractivity contribution in [3.8, 4) is 0 Å². The predicted octanol–water partition coefficient (Wildman–Crippen LogP) is 3.57. The van der Waals surface area contributed by atoms with Crippen LogP contribution in [0.5, 0.6) is 0 Å². The molecule has 4 heteroatoms. The number of nitrogens with zero attached hydrogens (tertiary/aromatic N) is 2. The van der Waals surface area contributed by atoms with E-state index in [4.69, 9.17) is 0 Å². The third kappa shape index (κ3) is 4.58. The van der Waals surface area contributed by atoms with Gasteiger partial charge in [-0.3, -0.25) is 9.78 Å². The van der Waals surface area contributed by atoms with Gasteiger partial charge in [0.05, 0.1) is 11.3 Å². The van der Waals surface area contributed by atoms with E-state index in [9.17, 15) is 4.79 Å². The summed E-state index contributed by atoms with van der Waals surface area (Å²) in [6, 6.07) is 11.8. The Morgan fingerprint density at radius 1 is 1.23 bits per heavy atom. The molecule has 0 saturated carbocycles. The number of rotatable bonds is 7. The molecule has 0 atom stereocenters. The first-order valence-corrected chi connectivity index (χ1v) is 7.69. The number of unbranched alkanes of at least 4 members (excludes halogenated alkanes) is 1. The molecule has 0 aliphatic carbocycles. The summed E-state index contributed by atoms with van der Waals surface area (Å²) in [4.78, 5) is 18.4. The number of benzene rings is 1. The summed E-state index contributed by atoms with van der Waals surface area (Å²) in [5.41, 5.74) is 2.62. The van der Waals surface area contributed by atoms with Crippen LogP contribution in [0, 0.1) is 0 Å². The summed E-state index contributed by atoms with van der Waals surface area (Å²) in [7, 11) is 1.81. The van der Waals surface area contributed by atoms with Gasteiger partial charge in [-0.25, -0.2) is 0 Å². The Bertz CT molecular complexity index is 598. The number of carbonyl (C=O) groups is 1. The average Bonchev–Trinajstić information content (AvgIpc) is 2.55. The first-order chi connectivity index (χ1) is 10.7. The number of pyridine rings is 1. The second kappa shape index (κ2) is 8.17. The van der Waals surface area contributed by atoms with E-state index in [-0.39, 0.29) is 5.91 Å². The van der Waals surface area contributed by atoms with E-state index in [1.807, 2.05) is 43.4 Å². The van der Waals surface area contributed by atoms with Crippen molar-refractivity contribution in [2.24, 2.45) is 0 Å². The topological polar surface area (TPSA) is 45.2 Å². The second-order valence-electron chi connectivity index (χ2n) is 5.39. The van der Waals surface area contributed by atoms with Crippen LogP contribution in [0.1, 0.15) is 35.7 Å². The smallest absolute Gasteiger partial charge is 0.255 e. The van der Waals surface area contributed by atoms with Crippen LogP contribution in [-0.2, 0) is 6.54 Å². The molecule has 0 unspecified atom stereocenters. The minimum Gasteiger partial charge on any atom is -0.384 e. The summed E-state index contributed by atoms with van der Waals surface area (Å²) in [6.07, 6.45) is 5.61. The zero-order valence-electron chi connectivity index (χ0n) is 13.2. The maximum absolute atomic E-state index is 12.5. The number of nitrogens with one attached hydrogen (secondary N) is 1. The molecule has 1 amide bonds. The Kier molecular flexibility index (Phi) is 5.95. The Labute approximate surface area is 132 Å². The van der Waals surface area contributed by atoms with Gasteiger partial charge in [0.2, 0.25) is 0 Å². The van der Waals surface area contributed by atoms with Crippen molar-refractivity contribution in [2.45, 2.75) is 26.3 Å². The lowest BCUT2D eigenvalue weighted by atomic mass is 10.2. The van der Waals surface area contributed by atoms with Gasteiger partial charge in [0.1, 0.15) is 0 Å². The van der Waals surface area contributed by atoms with Crippen LogP contribution in [0.25, 0.3) is 0 Å². The molecule has 1 aromatic carbocycles. The van der Waals surface area contributed by atoms with Crippen molar-refractivity contribution < 1.29 is 4.79 Å². The summed E-state index contributed by atoms with van der Waals surface area (Å²) in [6.45, 7) is 3.64. The number of carbonyl (C=O) groups excluding carboxylic acids is 1. The molecule has 0 radical (unpaired) electrons. The van der Waals surface area contributed by atoms with Crippen molar-refractivity contribution in [3.63, 3.8) is 0 Å². The van der Waals surface area contributed by atoms with Crippen molar-refractivity contribution >= 4 is 11.6 Å². The Morgan fingerprint density at radius 2 is 2.00 bits per heavy atom. The Balaban J connectivity index is 2.00. The van der Waals surface area contributed by atoms with Crippen molar-refractivity contribution in [2.75, 3.05) is 18.9 Å². The first-order valence-electron chi connectivity index (χ1n) is 7.69. The number of anilines is 1. The van der Waals surface area contributed by atoms with Crippen LogP contribution >= 0.6 is 0 Å². The van der Waals surface area contributed by atoms with E-state index in [1.165, 1.54) is 0 Å². The van der Waals surface area contributed by atoms with Gasteiger partial charge < -0.3 is 10.2 Å². The lowest BCUT2D eigenvalue weighted by molar-refractivity contribution is 0.0784. The quantitative estimate of drug-likeness (QED) is 0.795. The lowest BCUT2D eigenvalue weighted by Crippen LogP contribution is -2.26. The van der Waals surface area contributed by atoms with Gasteiger partial charge in [0.15, 0.2) is 0 Å². The second-order valence-corrected chi connectivity index (χ2v) is 5.39. The summed E-state index contributed by atoms with van der Waals surface area (Å²) >= 11 is 0. The van der Waals surface area contributed by atoms with E-state index in [1.54, 1.807) is 17.3 Å². The van der Waals surface area contributed by atoms with E-state index in [0.29, 0.717) is 12.1 Å². The van der Waals surface area contributed by atoms with Gasteiger partial charge in [-0.05, 0) is 18.1 Å². The number of hydrogen-bond donors (Lipinski definition) is 1. The average molecular weight is 297 g/mol. The molecule has 2 aromatic rings. The van der Waals surface area contributed by atoms with Gasteiger partial charge >= 0.3 is 0 Å². The van der Waals surface area contributed by atoms with Crippen molar-refractivity contribution in [3.05, 3.63) is 59.9 Å². The zero-order chi connectivity index (χ0) is 15.8. The van der Waals surface area contributed by atoms with Crippen molar-refractivity contribution in [1.29, 1.82) is 0 Å². The van der Waals surface area contributed by atoms with Crippen LogP contribution in [0.15, 0.2) is 48.8 Å². The molecule has 22 heavy (non-hydrogen) atoms. The minimum absolute atomic E-state index is 0.0181. The molecule has 2 rings (SSSR count). The minimum atomic E-state index is -0.0181. The molecular weight excluding hydrogens is 274 g/mol. The monoisotopic (exact) mass is 297 g/mol. The predicted molar refractivity (Wildman–Crippen MR) is 89.9 cm³/mol. The normalized spacial score (nSPS) is 10.3. The van der Waals surface area contributed by atoms with Gasteiger partial charge in [0.25, 0.3) is 5.91 Å². The number of hydrogen-bond acceptors (Lipinski definition) is 3. The molecule has 1 aromatic heterocycles. The highest BCUT2D eigenvalue weighted by atomic mass is 16.2. The fourth-order valence-electron chi connectivity index (χ4n) is 2.21. The van der Waals surface area contributed by atoms with Gasteiger partial charge in [-0.15, -0.1) is 0 Å². The molecule has 0 bridgehead atoms. The molecule has 1 heterocycles. The fraction of sp³-hybridized carbons (Fsp3) is 0.333. The zero-order valence-corrected chi connectivity index (χ0v) is 13.2. The molecule has 0 aliphatic rings. The molecule has 0 aliphatic heterocycles. The molecule has 0 fully saturated rings. The lowest BCUT2D eigenvalue weighted by Gasteiger charge is -2.17. The maximum atomic E-state index is 12.5. The maximum Gasteiger partial charge on any atom is 0.255 e. The third-order valence-corrected chi connectivity index (χ3v) is 3.45.